The van der Waals surface area contributed by atoms with Gasteiger partial charge in [-0.05, 0) is 32.6 Å². The van der Waals surface area contributed by atoms with Gasteiger partial charge in [-0.25, -0.2) is 4.79 Å². The molecule has 1 aliphatic heterocycles. The molecule has 23 heavy (non-hydrogen) atoms. The van der Waals surface area contributed by atoms with Crippen molar-refractivity contribution in [1.29, 1.82) is 0 Å². The van der Waals surface area contributed by atoms with Crippen molar-refractivity contribution in [3.63, 3.8) is 0 Å². The minimum atomic E-state index is -0.327. The third-order valence-corrected chi connectivity index (χ3v) is 4.99. The maximum absolute atomic E-state index is 12.3. The Labute approximate surface area is 136 Å². The Morgan fingerprint density at radius 2 is 2.13 bits per heavy atom. The first-order valence-corrected chi connectivity index (χ1v) is 8.70. The molecule has 1 saturated carbocycles. The summed E-state index contributed by atoms with van der Waals surface area (Å²) in [6, 6.07) is -0.582. The Bertz CT molecular complexity index is 527. The van der Waals surface area contributed by atoms with E-state index in [1.807, 2.05) is 6.92 Å². The molecule has 1 aromatic rings. The minimum absolute atomic E-state index is 0.00812. The molecule has 1 aliphatic carbocycles. The zero-order valence-corrected chi connectivity index (χ0v) is 13.7. The van der Waals surface area contributed by atoms with Gasteiger partial charge in [-0.2, -0.15) is 4.98 Å². The third kappa shape index (κ3) is 3.65. The highest BCUT2D eigenvalue weighted by Crippen LogP contribution is 2.31. The second-order valence-electron chi connectivity index (χ2n) is 6.67. The summed E-state index contributed by atoms with van der Waals surface area (Å²) < 4.78 is 5.35. The Morgan fingerprint density at radius 3 is 2.87 bits per heavy atom. The lowest BCUT2D eigenvalue weighted by Gasteiger charge is -2.24. The molecule has 7 heteroatoms. The van der Waals surface area contributed by atoms with Gasteiger partial charge in [0.25, 0.3) is 0 Å². The maximum Gasteiger partial charge on any atom is 0.318 e. The quantitative estimate of drug-likeness (QED) is 0.888. The number of hydrogen-bond acceptors (Lipinski definition) is 5. The van der Waals surface area contributed by atoms with E-state index in [0.29, 0.717) is 18.4 Å². The van der Waals surface area contributed by atoms with Crippen LogP contribution in [0.3, 0.4) is 0 Å². The highest BCUT2D eigenvalue weighted by molar-refractivity contribution is 5.75. The lowest BCUT2D eigenvalue weighted by molar-refractivity contribution is 0.153. The molecule has 128 valence electrons. The predicted molar refractivity (Wildman–Crippen MR) is 83.9 cm³/mol. The molecule has 2 fully saturated rings. The highest BCUT2D eigenvalue weighted by Gasteiger charge is 2.30. The van der Waals surface area contributed by atoms with E-state index < -0.39 is 0 Å². The molecule has 2 amide bonds. The normalized spacial score (nSPS) is 23.9. The van der Waals surface area contributed by atoms with E-state index in [1.165, 1.54) is 19.3 Å². The number of aromatic nitrogens is 2. The van der Waals surface area contributed by atoms with Crippen molar-refractivity contribution in [2.75, 3.05) is 13.2 Å². The molecule has 3 rings (SSSR count). The number of rotatable bonds is 4. The van der Waals surface area contributed by atoms with E-state index in [9.17, 15) is 9.90 Å². The number of amides is 2. The second kappa shape index (κ2) is 7.29. The zero-order chi connectivity index (χ0) is 16.2. The van der Waals surface area contributed by atoms with Gasteiger partial charge in [-0.3, -0.25) is 0 Å². The minimum Gasteiger partial charge on any atom is -0.394 e. The van der Waals surface area contributed by atoms with Crippen molar-refractivity contribution < 1.29 is 14.4 Å². The molecule has 0 aromatic carbocycles. The van der Waals surface area contributed by atoms with Crippen LogP contribution in [0.1, 0.15) is 75.5 Å². The van der Waals surface area contributed by atoms with Crippen LogP contribution in [0.5, 0.6) is 0 Å². The van der Waals surface area contributed by atoms with Crippen LogP contribution < -0.4 is 5.32 Å². The highest BCUT2D eigenvalue weighted by atomic mass is 16.5. The van der Waals surface area contributed by atoms with Crippen LogP contribution in [0.4, 0.5) is 4.79 Å². The molecule has 2 aliphatic rings. The number of carbonyl (C=O) groups is 1. The molecule has 2 N–H and O–H groups in total. The molecule has 0 radical (unpaired) electrons. The molecular formula is C16H26N4O3. The van der Waals surface area contributed by atoms with Crippen LogP contribution in [0.15, 0.2) is 4.52 Å². The Balaban J connectivity index is 1.58. The lowest BCUT2D eigenvalue weighted by Crippen LogP contribution is -2.45. The fraction of sp³-hybridized carbons (Fsp3) is 0.812. The van der Waals surface area contributed by atoms with E-state index in [4.69, 9.17) is 4.52 Å². The standard InChI is InChI=1S/C16H26N4O3/c1-11(17-16(22)20-9-5-8-13(20)10-21)15-18-14(19-23-15)12-6-3-2-4-7-12/h11-13,21H,2-10H2,1H3,(H,17,22)/t11?,13-/m0/s1. The van der Waals surface area contributed by atoms with E-state index in [1.54, 1.807) is 4.90 Å². The fourth-order valence-electron chi connectivity index (χ4n) is 3.57. The van der Waals surface area contributed by atoms with Gasteiger partial charge < -0.3 is 19.8 Å². The van der Waals surface area contributed by atoms with Gasteiger partial charge in [-0.15, -0.1) is 0 Å². The maximum atomic E-state index is 12.3. The number of urea groups is 1. The zero-order valence-electron chi connectivity index (χ0n) is 13.7. The largest absolute Gasteiger partial charge is 0.394 e. The van der Waals surface area contributed by atoms with Crippen LogP contribution in [0.25, 0.3) is 0 Å². The summed E-state index contributed by atoms with van der Waals surface area (Å²) in [6.45, 7) is 2.54. The number of nitrogens with one attached hydrogen (secondary N) is 1. The topological polar surface area (TPSA) is 91.5 Å². The SMILES string of the molecule is CC(NC(=O)N1CCC[C@H]1CO)c1nc(C2CCCCC2)no1. The second-order valence-corrected chi connectivity index (χ2v) is 6.67. The summed E-state index contributed by atoms with van der Waals surface area (Å²) >= 11 is 0. The summed E-state index contributed by atoms with van der Waals surface area (Å²) in [5, 5.41) is 16.3. The number of carbonyl (C=O) groups excluding carboxylic acids is 1. The van der Waals surface area contributed by atoms with Gasteiger partial charge in [0.05, 0.1) is 12.6 Å². The summed E-state index contributed by atoms with van der Waals surface area (Å²) in [7, 11) is 0. The molecule has 2 heterocycles. The van der Waals surface area contributed by atoms with Gasteiger partial charge >= 0.3 is 6.03 Å². The third-order valence-electron chi connectivity index (χ3n) is 4.99. The van der Waals surface area contributed by atoms with E-state index in [2.05, 4.69) is 15.5 Å². The van der Waals surface area contributed by atoms with Crippen molar-refractivity contribution in [3.05, 3.63) is 11.7 Å². The van der Waals surface area contributed by atoms with Crippen LogP contribution in [0, 0.1) is 0 Å². The monoisotopic (exact) mass is 322 g/mol. The molecule has 0 bridgehead atoms. The number of hydrogen-bond donors (Lipinski definition) is 2. The number of aliphatic hydroxyl groups excluding tert-OH is 1. The molecule has 0 spiro atoms. The van der Waals surface area contributed by atoms with Gasteiger partial charge in [-0.1, -0.05) is 24.4 Å². The summed E-state index contributed by atoms with van der Waals surface area (Å²) in [5.41, 5.74) is 0. The molecule has 2 atom stereocenters. The van der Waals surface area contributed by atoms with E-state index in [-0.39, 0.29) is 24.7 Å². The first-order valence-electron chi connectivity index (χ1n) is 8.70. The van der Waals surface area contributed by atoms with Gasteiger partial charge in [0.1, 0.15) is 6.04 Å². The lowest BCUT2D eigenvalue weighted by atomic mass is 9.89. The van der Waals surface area contributed by atoms with Gasteiger partial charge in [0.2, 0.25) is 5.89 Å². The number of likely N-dealkylation sites (tertiary alicyclic amines) is 1. The first-order chi connectivity index (χ1) is 11.2. The van der Waals surface area contributed by atoms with Crippen LogP contribution in [0.2, 0.25) is 0 Å². The van der Waals surface area contributed by atoms with Gasteiger partial charge in [0, 0.05) is 12.5 Å². The van der Waals surface area contributed by atoms with Crippen molar-refractivity contribution >= 4 is 6.03 Å². The van der Waals surface area contributed by atoms with Gasteiger partial charge in [0.15, 0.2) is 5.82 Å². The average Bonchev–Trinajstić information content (AvgIpc) is 3.24. The first kappa shape index (κ1) is 16.2. The predicted octanol–water partition coefficient (Wildman–Crippen LogP) is 2.34. The Hall–Kier alpha value is -1.63. The van der Waals surface area contributed by atoms with Crippen LogP contribution >= 0.6 is 0 Å². The average molecular weight is 322 g/mol. The van der Waals surface area contributed by atoms with E-state index >= 15 is 0 Å². The summed E-state index contributed by atoms with van der Waals surface area (Å²) in [5.74, 6) is 1.62. The molecule has 1 unspecified atom stereocenters. The number of nitrogens with zero attached hydrogens (tertiary/aromatic N) is 3. The fourth-order valence-corrected chi connectivity index (χ4v) is 3.57. The summed E-state index contributed by atoms with van der Waals surface area (Å²) in [4.78, 5) is 18.5. The Morgan fingerprint density at radius 1 is 1.35 bits per heavy atom. The van der Waals surface area contributed by atoms with E-state index in [0.717, 1.165) is 31.5 Å². The van der Waals surface area contributed by atoms with Crippen molar-refractivity contribution in [2.24, 2.45) is 0 Å². The van der Waals surface area contributed by atoms with Crippen molar-refractivity contribution in [3.8, 4) is 0 Å². The van der Waals surface area contributed by atoms with Crippen LogP contribution in [-0.2, 0) is 0 Å². The molecular weight excluding hydrogens is 296 g/mol. The molecule has 1 saturated heterocycles. The molecule has 1 aromatic heterocycles. The van der Waals surface area contributed by atoms with Crippen molar-refractivity contribution in [1.82, 2.24) is 20.4 Å². The van der Waals surface area contributed by atoms with Crippen LogP contribution in [-0.4, -0.2) is 45.4 Å². The smallest absolute Gasteiger partial charge is 0.318 e. The summed E-state index contributed by atoms with van der Waals surface area (Å²) in [6.07, 6.45) is 7.74. The molecule has 7 nitrogen and oxygen atoms in total. The Kier molecular flexibility index (Phi) is 5.15. The number of aliphatic hydroxyl groups is 1. The van der Waals surface area contributed by atoms with Crippen molar-refractivity contribution in [2.45, 2.75) is 69.9 Å².